The molecule has 0 aliphatic rings. The maximum absolute atomic E-state index is 10.8. The third-order valence-corrected chi connectivity index (χ3v) is 1.19. The van der Waals surface area contributed by atoms with Gasteiger partial charge in [-0.05, 0) is 13.0 Å². The summed E-state index contributed by atoms with van der Waals surface area (Å²) in [5.41, 5.74) is 0. The van der Waals surface area contributed by atoms with Gasteiger partial charge in [0.05, 0.1) is 0 Å². The standard InChI is InChI=1S/C7H11NO3/c1-3-6(9)8(4-2)5-7(10)11/h3H,1,4-5H2,2H3,(H,10,11). The number of amides is 1. The minimum absolute atomic E-state index is 0.263. The molecule has 0 aromatic heterocycles. The van der Waals surface area contributed by atoms with Gasteiger partial charge in [-0.25, -0.2) is 0 Å². The Labute approximate surface area is 65.1 Å². The molecule has 0 fully saturated rings. The average molecular weight is 157 g/mol. The smallest absolute Gasteiger partial charge is 0.323 e. The summed E-state index contributed by atoms with van der Waals surface area (Å²) < 4.78 is 0. The minimum atomic E-state index is -1.01. The lowest BCUT2D eigenvalue weighted by Gasteiger charge is -2.15. The van der Waals surface area contributed by atoms with Crippen molar-refractivity contribution in [3.05, 3.63) is 12.7 Å². The van der Waals surface area contributed by atoms with Crippen LogP contribution in [0.1, 0.15) is 6.92 Å². The van der Waals surface area contributed by atoms with Crippen molar-refractivity contribution in [1.29, 1.82) is 0 Å². The van der Waals surface area contributed by atoms with Gasteiger partial charge in [0.1, 0.15) is 6.54 Å². The van der Waals surface area contributed by atoms with Crippen LogP contribution in [-0.4, -0.2) is 35.0 Å². The van der Waals surface area contributed by atoms with Crippen LogP contribution in [0.2, 0.25) is 0 Å². The lowest BCUT2D eigenvalue weighted by Crippen LogP contribution is -2.34. The Morgan fingerprint density at radius 2 is 2.18 bits per heavy atom. The van der Waals surface area contributed by atoms with E-state index < -0.39 is 5.97 Å². The van der Waals surface area contributed by atoms with E-state index in [9.17, 15) is 9.59 Å². The molecule has 11 heavy (non-hydrogen) atoms. The first-order valence-electron chi connectivity index (χ1n) is 3.25. The zero-order chi connectivity index (χ0) is 8.85. The van der Waals surface area contributed by atoms with E-state index >= 15 is 0 Å². The van der Waals surface area contributed by atoms with Crippen LogP contribution in [0.5, 0.6) is 0 Å². The SMILES string of the molecule is C=CC(=O)N(CC)CC(=O)O. The number of carbonyl (C=O) groups is 2. The number of aliphatic carboxylic acids is 1. The van der Waals surface area contributed by atoms with E-state index in [0.717, 1.165) is 6.08 Å². The molecule has 0 saturated heterocycles. The summed E-state index contributed by atoms with van der Waals surface area (Å²) in [5, 5.41) is 8.33. The van der Waals surface area contributed by atoms with E-state index in [0.29, 0.717) is 6.54 Å². The fourth-order valence-electron chi connectivity index (χ4n) is 0.638. The summed E-state index contributed by atoms with van der Waals surface area (Å²) in [6.45, 7) is 5.09. The first kappa shape index (κ1) is 9.68. The Balaban J connectivity index is 4.05. The van der Waals surface area contributed by atoms with Crippen LogP contribution in [-0.2, 0) is 9.59 Å². The predicted molar refractivity (Wildman–Crippen MR) is 40.1 cm³/mol. The second kappa shape index (κ2) is 4.49. The van der Waals surface area contributed by atoms with Crippen molar-refractivity contribution in [2.75, 3.05) is 13.1 Å². The Kier molecular flexibility index (Phi) is 3.95. The molecule has 0 saturated carbocycles. The largest absolute Gasteiger partial charge is 0.480 e. The number of hydrogen-bond acceptors (Lipinski definition) is 2. The Hall–Kier alpha value is -1.32. The van der Waals surface area contributed by atoms with Gasteiger partial charge in [0.25, 0.3) is 0 Å². The zero-order valence-corrected chi connectivity index (χ0v) is 6.41. The first-order chi connectivity index (χ1) is 5.11. The fraction of sp³-hybridized carbons (Fsp3) is 0.429. The molecule has 0 radical (unpaired) electrons. The van der Waals surface area contributed by atoms with Gasteiger partial charge in [-0.2, -0.15) is 0 Å². The third-order valence-electron chi connectivity index (χ3n) is 1.19. The number of carboxylic acids is 1. The van der Waals surface area contributed by atoms with E-state index in [-0.39, 0.29) is 12.5 Å². The number of hydrogen-bond donors (Lipinski definition) is 1. The summed E-state index contributed by atoms with van der Waals surface area (Å²) in [4.78, 5) is 22.2. The molecule has 0 spiro atoms. The van der Waals surface area contributed by atoms with E-state index in [4.69, 9.17) is 5.11 Å². The Morgan fingerprint density at radius 3 is 2.45 bits per heavy atom. The molecule has 0 aliphatic carbocycles. The monoisotopic (exact) mass is 157 g/mol. The predicted octanol–water partition coefficient (Wildman–Crippen LogP) is 0.106. The molecule has 1 N–H and O–H groups in total. The van der Waals surface area contributed by atoms with Crippen molar-refractivity contribution >= 4 is 11.9 Å². The summed E-state index contributed by atoms with van der Waals surface area (Å²) in [6, 6.07) is 0. The third kappa shape index (κ3) is 3.40. The molecule has 0 rings (SSSR count). The Morgan fingerprint density at radius 1 is 1.64 bits per heavy atom. The van der Waals surface area contributed by atoms with E-state index in [2.05, 4.69) is 6.58 Å². The minimum Gasteiger partial charge on any atom is -0.480 e. The molecular weight excluding hydrogens is 146 g/mol. The first-order valence-corrected chi connectivity index (χ1v) is 3.25. The maximum atomic E-state index is 10.8. The molecular formula is C7H11NO3. The summed E-state index contributed by atoms with van der Waals surface area (Å²) in [6.07, 6.45) is 1.10. The highest BCUT2D eigenvalue weighted by Crippen LogP contribution is 1.89. The van der Waals surface area contributed by atoms with Gasteiger partial charge in [-0.1, -0.05) is 6.58 Å². The van der Waals surface area contributed by atoms with Gasteiger partial charge in [0.15, 0.2) is 0 Å². The number of likely N-dealkylation sites (N-methyl/N-ethyl adjacent to an activating group) is 1. The molecule has 0 atom stereocenters. The van der Waals surface area contributed by atoms with Crippen LogP contribution in [0.4, 0.5) is 0 Å². The highest BCUT2D eigenvalue weighted by Gasteiger charge is 2.10. The van der Waals surface area contributed by atoms with E-state index in [1.807, 2.05) is 0 Å². The number of carbonyl (C=O) groups excluding carboxylic acids is 1. The lowest BCUT2D eigenvalue weighted by molar-refractivity contribution is -0.142. The van der Waals surface area contributed by atoms with Gasteiger partial charge >= 0.3 is 5.97 Å². The molecule has 0 heterocycles. The number of nitrogens with zero attached hydrogens (tertiary/aromatic N) is 1. The van der Waals surface area contributed by atoms with Crippen LogP contribution < -0.4 is 0 Å². The molecule has 0 aromatic rings. The molecule has 4 nitrogen and oxygen atoms in total. The normalized spacial score (nSPS) is 8.82. The van der Waals surface area contributed by atoms with Crippen LogP contribution >= 0.6 is 0 Å². The molecule has 0 unspecified atom stereocenters. The summed E-state index contributed by atoms with van der Waals surface area (Å²) in [7, 11) is 0. The molecule has 0 aromatic carbocycles. The van der Waals surface area contributed by atoms with Crippen LogP contribution in [0, 0.1) is 0 Å². The van der Waals surface area contributed by atoms with Crippen molar-refractivity contribution in [2.24, 2.45) is 0 Å². The maximum Gasteiger partial charge on any atom is 0.323 e. The quantitative estimate of drug-likeness (QED) is 0.589. The van der Waals surface area contributed by atoms with Gasteiger partial charge < -0.3 is 10.0 Å². The number of rotatable bonds is 4. The van der Waals surface area contributed by atoms with E-state index in [1.165, 1.54) is 4.90 Å². The van der Waals surface area contributed by atoms with Crippen molar-refractivity contribution < 1.29 is 14.7 Å². The van der Waals surface area contributed by atoms with Gasteiger partial charge in [0.2, 0.25) is 5.91 Å². The summed E-state index contributed by atoms with van der Waals surface area (Å²) >= 11 is 0. The lowest BCUT2D eigenvalue weighted by atomic mass is 10.4. The van der Waals surface area contributed by atoms with Crippen molar-refractivity contribution in [2.45, 2.75) is 6.92 Å². The summed E-state index contributed by atoms with van der Waals surface area (Å²) in [5.74, 6) is -1.36. The topological polar surface area (TPSA) is 57.6 Å². The highest BCUT2D eigenvalue weighted by atomic mass is 16.4. The van der Waals surface area contributed by atoms with Crippen LogP contribution in [0.3, 0.4) is 0 Å². The second-order valence-corrected chi connectivity index (χ2v) is 1.95. The molecule has 0 aliphatic heterocycles. The van der Waals surface area contributed by atoms with Crippen molar-refractivity contribution in [3.8, 4) is 0 Å². The van der Waals surface area contributed by atoms with Crippen LogP contribution in [0.15, 0.2) is 12.7 Å². The zero-order valence-electron chi connectivity index (χ0n) is 6.41. The Bertz CT molecular complexity index is 177. The highest BCUT2D eigenvalue weighted by molar-refractivity contribution is 5.89. The van der Waals surface area contributed by atoms with Crippen molar-refractivity contribution in [3.63, 3.8) is 0 Å². The second-order valence-electron chi connectivity index (χ2n) is 1.95. The van der Waals surface area contributed by atoms with Gasteiger partial charge in [0, 0.05) is 6.54 Å². The van der Waals surface area contributed by atoms with E-state index in [1.54, 1.807) is 6.92 Å². The molecule has 62 valence electrons. The average Bonchev–Trinajstić information content (AvgIpc) is 1.98. The van der Waals surface area contributed by atoms with Crippen LogP contribution in [0.25, 0.3) is 0 Å². The fourth-order valence-corrected chi connectivity index (χ4v) is 0.638. The molecule has 4 heteroatoms. The van der Waals surface area contributed by atoms with Crippen molar-refractivity contribution in [1.82, 2.24) is 4.90 Å². The van der Waals surface area contributed by atoms with Gasteiger partial charge in [-0.3, -0.25) is 9.59 Å². The molecule has 1 amide bonds. The molecule has 0 bridgehead atoms. The number of carboxylic acid groups (broad SMARTS) is 1. The van der Waals surface area contributed by atoms with Gasteiger partial charge in [-0.15, -0.1) is 0 Å².